The Morgan fingerprint density at radius 1 is 1.10 bits per heavy atom. The number of aliphatic hydroxyl groups is 1. The van der Waals surface area contributed by atoms with E-state index in [9.17, 15) is 9.90 Å². The molecule has 3 aromatic rings. The number of hydrogen-bond acceptors (Lipinski definition) is 6. The highest BCUT2D eigenvalue weighted by molar-refractivity contribution is 7.11. The van der Waals surface area contributed by atoms with Gasteiger partial charge in [0.15, 0.2) is 0 Å². The van der Waals surface area contributed by atoms with Crippen molar-refractivity contribution in [2.75, 3.05) is 0 Å². The highest BCUT2D eigenvalue weighted by Crippen LogP contribution is 2.14. The van der Waals surface area contributed by atoms with Gasteiger partial charge in [0.1, 0.15) is 6.61 Å². The summed E-state index contributed by atoms with van der Waals surface area (Å²) in [4.78, 5) is 17.5. The maximum atomic E-state index is 12.4. The van der Waals surface area contributed by atoms with Gasteiger partial charge in [0.05, 0.1) is 16.0 Å². The fraction of sp³-hybridized carbons (Fsp3) is 0.333. The minimum absolute atomic E-state index is 0.172. The molecule has 6 nitrogen and oxygen atoms in total. The molecule has 3 rings (SSSR count). The Morgan fingerprint density at radius 3 is 2.29 bits per heavy atom. The molecule has 0 spiro atoms. The van der Waals surface area contributed by atoms with Crippen molar-refractivity contribution in [1.82, 2.24) is 10.3 Å². The van der Waals surface area contributed by atoms with Crippen LogP contribution < -0.4 is 11.1 Å². The molecule has 1 aromatic heterocycles. The SMILES string of the molecule is Cc1ncc(COC(=O)NC(Cc2ccccc2)CC(O)C(N)Cc2ccccc2)s1. The van der Waals surface area contributed by atoms with Crippen LogP contribution in [-0.4, -0.2) is 34.4 Å². The number of benzene rings is 2. The number of nitrogens with two attached hydrogens (primary N) is 1. The maximum absolute atomic E-state index is 12.4. The van der Waals surface area contributed by atoms with E-state index >= 15 is 0 Å². The van der Waals surface area contributed by atoms with Gasteiger partial charge in [-0.25, -0.2) is 9.78 Å². The number of aryl methyl sites for hydroxylation is 1. The zero-order chi connectivity index (χ0) is 22.1. The lowest BCUT2D eigenvalue weighted by molar-refractivity contribution is 0.110. The number of hydrogen-bond donors (Lipinski definition) is 3. The Kier molecular flexibility index (Phi) is 8.58. The first-order chi connectivity index (χ1) is 15.0. The molecule has 3 unspecified atom stereocenters. The van der Waals surface area contributed by atoms with Gasteiger partial charge in [-0.3, -0.25) is 0 Å². The number of nitrogens with one attached hydrogen (secondary N) is 1. The van der Waals surface area contributed by atoms with Crippen LogP contribution in [0.4, 0.5) is 4.79 Å². The van der Waals surface area contributed by atoms with Crippen molar-refractivity contribution in [1.29, 1.82) is 0 Å². The van der Waals surface area contributed by atoms with Crippen molar-refractivity contribution >= 4 is 17.4 Å². The quantitative estimate of drug-likeness (QED) is 0.448. The number of rotatable bonds is 10. The summed E-state index contributed by atoms with van der Waals surface area (Å²) >= 11 is 1.49. The van der Waals surface area contributed by atoms with Crippen molar-refractivity contribution < 1.29 is 14.6 Å². The number of thiazole rings is 1. The van der Waals surface area contributed by atoms with E-state index in [0.717, 1.165) is 21.0 Å². The van der Waals surface area contributed by atoms with Crippen LogP contribution in [0.5, 0.6) is 0 Å². The Morgan fingerprint density at radius 2 is 1.71 bits per heavy atom. The van der Waals surface area contributed by atoms with Crippen LogP contribution >= 0.6 is 11.3 Å². The lowest BCUT2D eigenvalue weighted by atomic mass is 9.94. The Labute approximate surface area is 187 Å². The Balaban J connectivity index is 1.58. The minimum atomic E-state index is -0.765. The first-order valence-corrected chi connectivity index (χ1v) is 11.2. The van der Waals surface area contributed by atoms with E-state index in [-0.39, 0.29) is 12.6 Å². The van der Waals surface area contributed by atoms with E-state index in [1.165, 1.54) is 11.3 Å². The second-order valence-corrected chi connectivity index (χ2v) is 8.93. The smallest absolute Gasteiger partial charge is 0.407 e. The van der Waals surface area contributed by atoms with Gasteiger partial charge in [-0.1, -0.05) is 60.7 Å². The molecule has 0 bridgehead atoms. The fourth-order valence-corrected chi connectivity index (χ4v) is 4.11. The summed E-state index contributed by atoms with van der Waals surface area (Å²) in [6.45, 7) is 2.08. The normalized spacial score (nSPS) is 13.9. The largest absolute Gasteiger partial charge is 0.444 e. The summed E-state index contributed by atoms with van der Waals surface area (Å²) in [7, 11) is 0. The first kappa shape index (κ1) is 22.9. The number of carbonyl (C=O) groups excluding carboxylic acids is 1. The molecule has 0 radical (unpaired) electrons. The number of alkyl carbamates (subject to hydrolysis) is 1. The van der Waals surface area contributed by atoms with Crippen LogP contribution in [0.3, 0.4) is 0 Å². The molecule has 0 aliphatic heterocycles. The van der Waals surface area contributed by atoms with E-state index in [0.29, 0.717) is 19.3 Å². The summed E-state index contributed by atoms with van der Waals surface area (Å²) in [5.74, 6) is 0. The topological polar surface area (TPSA) is 97.5 Å². The summed E-state index contributed by atoms with van der Waals surface area (Å²) < 4.78 is 5.35. The molecule has 7 heteroatoms. The molecule has 31 heavy (non-hydrogen) atoms. The molecular weight excluding hydrogens is 410 g/mol. The number of aromatic nitrogens is 1. The number of aliphatic hydroxyl groups excluding tert-OH is 1. The molecule has 0 saturated heterocycles. The van der Waals surface area contributed by atoms with E-state index in [1.54, 1.807) is 6.20 Å². The van der Waals surface area contributed by atoms with Gasteiger partial charge < -0.3 is 20.9 Å². The average molecular weight is 440 g/mol. The highest BCUT2D eigenvalue weighted by atomic mass is 32.1. The van der Waals surface area contributed by atoms with E-state index in [4.69, 9.17) is 10.5 Å². The van der Waals surface area contributed by atoms with Gasteiger partial charge in [0.2, 0.25) is 0 Å². The van der Waals surface area contributed by atoms with Gasteiger partial charge in [-0.15, -0.1) is 11.3 Å². The maximum Gasteiger partial charge on any atom is 0.407 e. The second-order valence-electron chi connectivity index (χ2n) is 7.61. The van der Waals surface area contributed by atoms with Gasteiger partial charge in [0, 0.05) is 18.3 Å². The molecule has 0 aliphatic rings. The van der Waals surface area contributed by atoms with Crippen LogP contribution in [0, 0.1) is 6.92 Å². The summed E-state index contributed by atoms with van der Waals surface area (Å²) in [5.41, 5.74) is 8.39. The van der Waals surface area contributed by atoms with Crippen LogP contribution in [0.2, 0.25) is 0 Å². The number of nitrogens with zero attached hydrogens (tertiary/aromatic N) is 1. The van der Waals surface area contributed by atoms with E-state index in [2.05, 4.69) is 10.3 Å². The monoisotopic (exact) mass is 439 g/mol. The van der Waals surface area contributed by atoms with Crippen molar-refractivity contribution in [3.8, 4) is 0 Å². The highest BCUT2D eigenvalue weighted by Gasteiger charge is 2.23. The molecule has 0 fully saturated rings. The average Bonchev–Trinajstić information content (AvgIpc) is 3.19. The van der Waals surface area contributed by atoms with Crippen molar-refractivity contribution in [3.63, 3.8) is 0 Å². The van der Waals surface area contributed by atoms with Crippen LogP contribution in [0.25, 0.3) is 0 Å². The van der Waals surface area contributed by atoms with E-state index in [1.807, 2.05) is 67.6 Å². The molecular formula is C24H29N3O3S. The predicted molar refractivity (Wildman–Crippen MR) is 123 cm³/mol. The lowest BCUT2D eigenvalue weighted by Crippen LogP contribution is -2.44. The Bertz CT molecular complexity index is 934. The molecule has 0 saturated carbocycles. The third-order valence-electron chi connectivity index (χ3n) is 5.00. The molecule has 2 aromatic carbocycles. The fourth-order valence-electron chi connectivity index (χ4n) is 3.40. The third-order valence-corrected chi connectivity index (χ3v) is 5.88. The minimum Gasteiger partial charge on any atom is -0.444 e. The molecule has 0 aliphatic carbocycles. The van der Waals surface area contributed by atoms with Crippen molar-refractivity contribution in [2.24, 2.45) is 5.73 Å². The zero-order valence-electron chi connectivity index (χ0n) is 17.6. The Hall–Kier alpha value is -2.74. The molecule has 4 N–H and O–H groups in total. The molecule has 3 atom stereocenters. The van der Waals surface area contributed by atoms with E-state index < -0.39 is 18.2 Å². The van der Waals surface area contributed by atoms with Gasteiger partial charge in [-0.2, -0.15) is 0 Å². The van der Waals surface area contributed by atoms with Crippen molar-refractivity contribution in [3.05, 3.63) is 87.9 Å². The first-order valence-electron chi connectivity index (χ1n) is 10.4. The molecule has 164 valence electrons. The lowest BCUT2D eigenvalue weighted by Gasteiger charge is -2.25. The van der Waals surface area contributed by atoms with Gasteiger partial charge >= 0.3 is 6.09 Å². The van der Waals surface area contributed by atoms with Crippen molar-refractivity contribution in [2.45, 2.75) is 51.0 Å². The van der Waals surface area contributed by atoms with Crippen LogP contribution in [0.1, 0.15) is 27.4 Å². The summed E-state index contributed by atoms with van der Waals surface area (Å²) in [6, 6.07) is 18.9. The number of ether oxygens (including phenoxy) is 1. The third kappa shape index (κ3) is 7.79. The van der Waals surface area contributed by atoms with Crippen LogP contribution in [-0.2, 0) is 24.2 Å². The number of amides is 1. The molecule has 1 amide bonds. The zero-order valence-corrected chi connectivity index (χ0v) is 18.4. The number of carbonyl (C=O) groups is 1. The summed E-state index contributed by atoms with van der Waals surface area (Å²) in [6.07, 6.45) is 1.90. The standard InChI is InChI=1S/C24H29N3O3S/c1-17-26-15-21(31-17)16-30-24(29)27-20(12-18-8-4-2-5-9-18)14-23(28)22(25)13-19-10-6-3-7-11-19/h2-11,15,20,22-23,28H,12-14,16,25H2,1H3,(H,27,29). The van der Waals surface area contributed by atoms with Gasteiger partial charge in [0.25, 0.3) is 0 Å². The molecule has 1 heterocycles. The summed E-state index contributed by atoms with van der Waals surface area (Å²) in [5, 5.41) is 14.6. The van der Waals surface area contributed by atoms with Crippen LogP contribution in [0.15, 0.2) is 66.9 Å². The predicted octanol–water partition coefficient (Wildman–Crippen LogP) is 3.61. The van der Waals surface area contributed by atoms with Gasteiger partial charge in [-0.05, 0) is 37.3 Å². The second kappa shape index (κ2) is 11.6.